The summed E-state index contributed by atoms with van der Waals surface area (Å²) < 4.78 is 0. The predicted octanol–water partition coefficient (Wildman–Crippen LogP) is 1.32. The second kappa shape index (κ2) is 4.31. The van der Waals surface area contributed by atoms with E-state index < -0.39 is 0 Å². The van der Waals surface area contributed by atoms with Gasteiger partial charge in [-0.05, 0) is 6.42 Å². The molecule has 0 radical (unpaired) electrons. The Labute approximate surface area is 100 Å². The highest BCUT2D eigenvalue weighted by Gasteiger charge is 2.34. The number of nitrogen functional groups attached to an aromatic ring is 1. The van der Waals surface area contributed by atoms with Crippen molar-refractivity contribution in [2.45, 2.75) is 32.9 Å². The molecule has 4 nitrogen and oxygen atoms in total. The van der Waals surface area contributed by atoms with Crippen molar-refractivity contribution in [1.82, 2.24) is 9.88 Å². The van der Waals surface area contributed by atoms with E-state index in [2.05, 4.69) is 23.7 Å². The lowest BCUT2D eigenvalue weighted by molar-refractivity contribution is -0.0267. The Morgan fingerprint density at radius 1 is 1.69 bits per heavy atom. The summed E-state index contributed by atoms with van der Waals surface area (Å²) >= 11 is 1.54. The van der Waals surface area contributed by atoms with Crippen molar-refractivity contribution in [3.8, 4) is 0 Å². The van der Waals surface area contributed by atoms with Gasteiger partial charge < -0.3 is 10.8 Å². The number of aliphatic hydroxyl groups excluding tert-OH is 1. The van der Waals surface area contributed by atoms with Crippen molar-refractivity contribution in [1.29, 1.82) is 0 Å². The molecular weight excluding hydrogens is 222 g/mol. The molecule has 1 aromatic heterocycles. The molecule has 0 aromatic carbocycles. The maximum atomic E-state index is 9.87. The van der Waals surface area contributed by atoms with Crippen molar-refractivity contribution >= 4 is 16.5 Å². The molecule has 1 fully saturated rings. The van der Waals surface area contributed by atoms with Gasteiger partial charge in [-0.1, -0.05) is 13.8 Å². The highest BCUT2D eigenvalue weighted by molar-refractivity contribution is 7.15. The molecule has 1 aliphatic rings. The third kappa shape index (κ3) is 2.53. The van der Waals surface area contributed by atoms with Gasteiger partial charge >= 0.3 is 0 Å². The number of nitrogens with zero attached hydrogens (tertiary/aromatic N) is 2. The lowest BCUT2D eigenvalue weighted by Crippen LogP contribution is -2.48. The van der Waals surface area contributed by atoms with Crippen LogP contribution in [0.15, 0.2) is 6.20 Å². The van der Waals surface area contributed by atoms with Crippen LogP contribution in [-0.2, 0) is 6.54 Å². The average Bonchev–Trinajstić information content (AvgIpc) is 2.57. The minimum Gasteiger partial charge on any atom is -0.392 e. The Morgan fingerprint density at radius 3 is 3.00 bits per heavy atom. The van der Waals surface area contributed by atoms with E-state index in [9.17, 15) is 5.11 Å². The monoisotopic (exact) mass is 241 g/mol. The van der Waals surface area contributed by atoms with Crippen LogP contribution < -0.4 is 5.73 Å². The van der Waals surface area contributed by atoms with E-state index in [1.54, 1.807) is 11.3 Å². The summed E-state index contributed by atoms with van der Waals surface area (Å²) in [5, 5.41) is 10.5. The van der Waals surface area contributed by atoms with Gasteiger partial charge in [-0.3, -0.25) is 4.90 Å². The van der Waals surface area contributed by atoms with Gasteiger partial charge in [0.2, 0.25) is 0 Å². The van der Waals surface area contributed by atoms with Crippen LogP contribution in [-0.4, -0.2) is 34.2 Å². The van der Waals surface area contributed by atoms with E-state index in [1.165, 1.54) is 4.88 Å². The molecule has 1 atom stereocenters. The maximum Gasteiger partial charge on any atom is 0.180 e. The van der Waals surface area contributed by atoms with Crippen LogP contribution in [0.1, 0.15) is 25.1 Å². The number of piperidine rings is 1. The van der Waals surface area contributed by atoms with Gasteiger partial charge in [-0.15, -0.1) is 11.3 Å². The number of aliphatic hydroxyl groups is 1. The smallest absolute Gasteiger partial charge is 0.180 e. The molecule has 0 aliphatic carbocycles. The van der Waals surface area contributed by atoms with Gasteiger partial charge in [-0.2, -0.15) is 0 Å². The molecule has 1 aromatic rings. The van der Waals surface area contributed by atoms with Gasteiger partial charge in [0, 0.05) is 36.1 Å². The van der Waals surface area contributed by atoms with Crippen molar-refractivity contribution in [2.75, 3.05) is 18.8 Å². The summed E-state index contributed by atoms with van der Waals surface area (Å²) in [6.45, 7) is 7.00. The van der Waals surface area contributed by atoms with Crippen LogP contribution in [0.3, 0.4) is 0 Å². The normalized spacial score (nSPS) is 25.8. The van der Waals surface area contributed by atoms with Gasteiger partial charge in [0.25, 0.3) is 0 Å². The van der Waals surface area contributed by atoms with E-state index in [1.807, 2.05) is 6.20 Å². The summed E-state index contributed by atoms with van der Waals surface area (Å²) in [7, 11) is 0. The van der Waals surface area contributed by atoms with Crippen molar-refractivity contribution < 1.29 is 5.11 Å². The number of aromatic nitrogens is 1. The molecule has 0 amide bonds. The first kappa shape index (κ1) is 11.8. The Balaban J connectivity index is 1.97. The first-order valence-corrected chi connectivity index (χ1v) is 6.39. The SMILES string of the molecule is CC1(C)CN(Cc2cnc(N)s2)CCC1O. The van der Waals surface area contributed by atoms with E-state index in [0.29, 0.717) is 5.13 Å². The molecule has 0 saturated carbocycles. The number of nitrogens with two attached hydrogens (primary N) is 1. The van der Waals surface area contributed by atoms with Crippen LogP contribution in [0, 0.1) is 5.41 Å². The molecule has 16 heavy (non-hydrogen) atoms. The Kier molecular flexibility index (Phi) is 3.19. The number of anilines is 1. The Morgan fingerprint density at radius 2 is 2.44 bits per heavy atom. The number of rotatable bonds is 2. The topological polar surface area (TPSA) is 62.4 Å². The van der Waals surface area contributed by atoms with E-state index >= 15 is 0 Å². The number of thiazole rings is 1. The lowest BCUT2D eigenvalue weighted by Gasteiger charge is -2.41. The summed E-state index contributed by atoms with van der Waals surface area (Å²) in [5.41, 5.74) is 5.59. The Hall–Kier alpha value is -0.650. The van der Waals surface area contributed by atoms with Crippen LogP contribution in [0.4, 0.5) is 5.13 Å². The van der Waals surface area contributed by atoms with Gasteiger partial charge in [0.1, 0.15) is 0 Å². The molecule has 1 unspecified atom stereocenters. The van der Waals surface area contributed by atoms with Crippen molar-refractivity contribution in [2.24, 2.45) is 5.41 Å². The molecule has 3 N–H and O–H groups in total. The molecule has 1 saturated heterocycles. The first-order chi connectivity index (χ1) is 7.47. The van der Waals surface area contributed by atoms with E-state index in [-0.39, 0.29) is 11.5 Å². The molecule has 2 rings (SSSR count). The first-order valence-electron chi connectivity index (χ1n) is 5.58. The van der Waals surface area contributed by atoms with Crippen molar-refractivity contribution in [3.05, 3.63) is 11.1 Å². The Bertz CT molecular complexity index is 364. The van der Waals surface area contributed by atoms with E-state index in [4.69, 9.17) is 5.73 Å². The molecule has 0 spiro atoms. The maximum absolute atomic E-state index is 9.87. The predicted molar refractivity (Wildman–Crippen MR) is 66.2 cm³/mol. The minimum atomic E-state index is -0.185. The van der Waals surface area contributed by atoms with E-state index in [0.717, 1.165) is 26.1 Å². The second-order valence-corrected chi connectivity index (χ2v) is 6.32. The van der Waals surface area contributed by atoms with Crippen LogP contribution >= 0.6 is 11.3 Å². The fourth-order valence-corrected chi connectivity index (χ4v) is 2.93. The van der Waals surface area contributed by atoms with Crippen LogP contribution in [0.5, 0.6) is 0 Å². The molecule has 2 heterocycles. The fraction of sp³-hybridized carbons (Fsp3) is 0.727. The number of hydrogen-bond acceptors (Lipinski definition) is 5. The second-order valence-electron chi connectivity index (χ2n) is 5.17. The highest BCUT2D eigenvalue weighted by atomic mass is 32.1. The molecule has 90 valence electrons. The quantitative estimate of drug-likeness (QED) is 0.819. The molecule has 0 bridgehead atoms. The van der Waals surface area contributed by atoms with Crippen LogP contribution in [0.2, 0.25) is 0 Å². The highest BCUT2D eigenvalue weighted by Crippen LogP contribution is 2.30. The zero-order valence-electron chi connectivity index (χ0n) is 9.81. The summed E-state index contributed by atoms with van der Waals surface area (Å²) in [4.78, 5) is 7.61. The zero-order chi connectivity index (χ0) is 11.8. The fourth-order valence-electron chi connectivity index (χ4n) is 2.21. The number of hydrogen-bond donors (Lipinski definition) is 2. The zero-order valence-corrected chi connectivity index (χ0v) is 10.6. The molecule has 1 aliphatic heterocycles. The molecule has 5 heteroatoms. The summed E-state index contributed by atoms with van der Waals surface area (Å²) in [6.07, 6.45) is 2.51. The summed E-state index contributed by atoms with van der Waals surface area (Å²) in [5.74, 6) is 0. The third-order valence-corrected chi connectivity index (χ3v) is 4.01. The minimum absolute atomic E-state index is 0.0194. The lowest BCUT2D eigenvalue weighted by atomic mass is 9.81. The van der Waals surface area contributed by atoms with Gasteiger partial charge in [-0.25, -0.2) is 4.98 Å². The number of likely N-dealkylation sites (tertiary alicyclic amines) is 1. The summed E-state index contributed by atoms with van der Waals surface area (Å²) in [6, 6.07) is 0. The third-order valence-electron chi connectivity index (χ3n) is 3.20. The molecular formula is C11H19N3OS. The largest absolute Gasteiger partial charge is 0.392 e. The van der Waals surface area contributed by atoms with Gasteiger partial charge in [0.05, 0.1) is 6.10 Å². The average molecular weight is 241 g/mol. The van der Waals surface area contributed by atoms with Crippen molar-refractivity contribution in [3.63, 3.8) is 0 Å². The standard InChI is InChI=1S/C11H19N3OS/c1-11(2)7-14(4-3-9(11)15)6-8-5-13-10(12)16-8/h5,9,15H,3-4,6-7H2,1-2H3,(H2,12,13). The van der Waals surface area contributed by atoms with Gasteiger partial charge in [0.15, 0.2) is 5.13 Å². The van der Waals surface area contributed by atoms with Crippen LogP contribution in [0.25, 0.3) is 0 Å².